The van der Waals surface area contributed by atoms with Gasteiger partial charge in [0, 0.05) is 32.6 Å². The molecule has 37 heavy (non-hydrogen) atoms. The molecule has 1 unspecified atom stereocenters. The molecule has 1 heterocycles. The summed E-state index contributed by atoms with van der Waals surface area (Å²) in [6.07, 6.45) is -1.01. The molecule has 1 aromatic carbocycles. The zero-order chi connectivity index (χ0) is 27.6. The van der Waals surface area contributed by atoms with Crippen LogP contribution in [-0.4, -0.2) is 85.5 Å². The quantitative estimate of drug-likeness (QED) is 0.448. The molecule has 11 nitrogen and oxygen atoms in total. The number of benzene rings is 1. The van der Waals surface area contributed by atoms with Crippen LogP contribution in [0.15, 0.2) is 24.3 Å². The summed E-state index contributed by atoms with van der Waals surface area (Å²) in [4.78, 5) is 41.3. The van der Waals surface area contributed by atoms with Gasteiger partial charge in [0.25, 0.3) is 0 Å². The maximum absolute atomic E-state index is 13.5. The summed E-state index contributed by atoms with van der Waals surface area (Å²) in [5, 5.41) is 3.07. The molecule has 0 aromatic heterocycles. The van der Waals surface area contributed by atoms with E-state index in [-0.39, 0.29) is 32.1 Å². The Morgan fingerprint density at radius 3 is 2.11 bits per heavy atom. The third-order valence-corrected chi connectivity index (χ3v) is 7.48. The van der Waals surface area contributed by atoms with E-state index in [2.05, 4.69) is 5.32 Å². The highest BCUT2D eigenvalue weighted by Gasteiger charge is 2.32. The van der Waals surface area contributed by atoms with Crippen molar-refractivity contribution in [1.82, 2.24) is 15.1 Å². The van der Waals surface area contributed by atoms with E-state index < -0.39 is 31.4 Å². The summed E-state index contributed by atoms with van der Waals surface area (Å²) in [5.74, 6) is -0.308. The first kappa shape index (κ1) is 30.6. The molecule has 0 saturated carbocycles. The molecule has 0 bridgehead atoms. The van der Waals surface area contributed by atoms with Crippen molar-refractivity contribution in [2.24, 2.45) is 0 Å². The molecule has 1 atom stereocenters. The zero-order valence-corrected chi connectivity index (χ0v) is 23.5. The highest BCUT2D eigenvalue weighted by molar-refractivity contribution is 7.62. The van der Waals surface area contributed by atoms with Crippen molar-refractivity contribution in [2.75, 3.05) is 46.0 Å². The normalized spacial score (nSPS) is 15.2. The first-order chi connectivity index (χ1) is 17.4. The van der Waals surface area contributed by atoms with Crippen molar-refractivity contribution < 1.29 is 37.5 Å². The molecule has 1 N–H and O–H groups in total. The van der Waals surface area contributed by atoms with Crippen molar-refractivity contribution >= 4 is 31.0 Å². The summed E-state index contributed by atoms with van der Waals surface area (Å²) < 4.78 is 34.6. The molecule has 0 aliphatic carbocycles. The minimum atomic E-state index is -3.53. The smallest absolute Gasteiger partial charge is 0.409 e. The van der Waals surface area contributed by atoms with E-state index in [9.17, 15) is 18.9 Å². The van der Waals surface area contributed by atoms with Crippen molar-refractivity contribution in [1.29, 1.82) is 0 Å². The van der Waals surface area contributed by atoms with E-state index in [1.807, 2.05) is 0 Å². The highest BCUT2D eigenvalue weighted by Crippen LogP contribution is 2.46. The van der Waals surface area contributed by atoms with Gasteiger partial charge in [-0.1, -0.05) is 12.1 Å². The van der Waals surface area contributed by atoms with Gasteiger partial charge in [-0.05, 0) is 59.2 Å². The summed E-state index contributed by atoms with van der Waals surface area (Å²) in [6, 6.07) is 5.87. The van der Waals surface area contributed by atoms with E-state index in [1.54, 1.807) is 75.6 Å². The summed E-state index contributed by atoms with van der Waals surface area (Å²) in [7, 11) is -3.53. The first-order valence-corrected chi connectivity index (χ1v) is 14.1. The van der Waals surface area contributed by atoms with Crippen molar-refractivity contribution in [2.45, 2.75) is 59.6 Å². The predicted molar refractivity (Wildman–Crippen MR) is 139 cm³/mol. The van der Waals surface area contributed by atoms with Gasteiger partial charge >= 0.3 is 19.8 Å². The average Bonchev–Trinajstić information content (AvgIpc) is 2.83. The average molecular weight is 542 g/mol. The van der Waals surface area contributed by atoms with Gasteiger partial charge in [-0.3, -0.25) is 9.36 Å². The Bertz CT molecular complexity index is 963. The van der Waals surface area contributed by atoms with Crippen molar-refractivity contribution in [3.63, 3.8) is 0 Å². The maximum Gasteiger partial charge on any atom is 0.409 e. The van der Waals surface area contributed by atoms with Crippen LogP contribution in [0.4, 0.5) is 9.59 Å². The Labute approximate surface area is 219 Å². The van der Waals surface area contributed by atoms with Crippen LogP contribution in [0.1, 0.15) is 47.1 Å². The summed E-state index contributed by atoms with van der Waals surface area (Å²) >= 11 is 0. The molecule has 1 aliphatic heterocycles. The molecule has 1 saturated heterocycles. The van der Waals surface area contributed by atoms with E-state index >= 15 is 0 Å². The molecular formula is C25H40N3O8P. The monoisotopic (exact) mass is 541 g/mol. The number of nitrogens with one attached hydrogen (secondary N) is 1. The minimum absolute atomic E-state index is 0.127. The van der Waals surface area contributed by atoms with Gasteiger partial charge in [0.1, 0.15) is 11.6 Å². The molecule has 0 spiro atoms. The van der Waals surface area contributed by atoms with E-state index in [4.69, 9.17) is 18.5 Å². The van der Waals surface area contributed by atoms with Gasteiger partial charge in [0.05, 0.1) is 25.1 Å². The fourth-order valence-electron chi connectivity index (χ4n) is 3.81. The Morgan fingerprint density at radius 2 is 1.57 bits per heavy atom. The van der Waals surface area contributed by atoms with Crippen LogP contribution in [0, 0.1) is 0 Å². The second kappa shape index (κ2) is 13.8. The lowest BCUT2D eigenvalue weighted by Gasteiger charge is -2.36. The number of piperazine rings is 1. The van der Waals surface area contributed by atoms with E-state index in [0.717, 1.165) is 0 Å². The minimum Gasteiger partial charge on any atom is -0.450 e. The Morgan fingerprint density at radius 1 is 0.973 bits per heavy atom. The molecule has 1 aromatic rings. The Kier molecular flexibility index (Phi) is 11.4. The number of alkyl carbamates (subject to hydrolysis) is 1. The number of hydrogen-bond donors (Lipinski definition) is 1. The molecule has 3 amide bonds. The van der Waals surface area contributed by atoms with E-state index in [0.29, 0.717) is 37.0 Å². The molecule has 1 aliphatic rings. The van der Waals surface area contributed by atoms with Gasteiger partial charge < -0.3 is 33.6 Å². The van der Waals surface area contributed by atoms with Crippen molar-refractivity contribution in [3.05, 3.63) is 29.8 Å². The zero-order valence-electron chi connectivity index (χ0n) is 22.7. The van der Waals surface area contributed by atoms with Crippen LogP contribution in [-0.2, 0) is 34.3 Å². The lowest BCUT2D eigenvalue weighted by Crippen LogP contribution is -2.56. The van der Waals surface area contributed by atoms with Gasteiger partial charge in [-0.25, -0.2) is 9.59 Å². The van der Waals surface area contributed by atoms with Gasteiger partial charge in [0.15, 0.2) is 0 Å². The second-order valence-electron chi connectivity index (χ2n) is 9.42. The summed E-state index contributed by atoms with van der Waals surface area (Å²) in [5.41, 5.74) is -0.0819. The predicted octanol–water partition coefficient (Wildman–Crippen LogP) is 3.31. The lowest BCUT2D eigenvalue weighted by molar-refractivity contribution is -0.135. The molecule has 1 fully saturated rings. The van der Waals surface area contributed by atoms with Crippen LogP contribution in [0.25, 0.3) is 0 Å². The van der Waals surface area contributed by atoms with Gasteiger partial charge in [-0.15, -0.1) is 0 Å². The molecule has 12 heteroatoms. The fraction of sp³-hybridized carbons (Fsp3) is 0.640. The summed E-state index contributed by atoms with van der Waals surface area (Å²) in [6.45, 7) is 12.4. The number of nitrogens with zero attached hydrogens (tertiary/aromatic N) is 2. The van der Waals surface area contributed by atoms with Gasteiger partial charge in [0.2, 0.25) is 5.91 Å². The fourth-order valence-corrected chi connectivity index (χ4v) is 5.46. The van der Waals surface area contributed by atoms with Crippen LogP contribution < -0.4 is 10.6 Å². The van der Waals surface area contributed by atoms with Crippen LogP contribution in [0.5, 0.6) is 0 Å². The number of rotatable bonds is 10. The maximum atomic E-state index is 13.5. The SMILES string of the molecule is CCOC(=O)N1CCN(C(=O)C(Cc2cccc(P(=O)(OCC)OCC)c2)NC(=O)OC(C)(C)C)CC1. The molecule has 0 radical (unpaired) electrons. The Balaban J connectivity index is 2.24. The lowest BCUT2D eigenvalue weighted by atomic mass is 10.0. The van der Waals surface area contributed by atoms with E-state index in [1.165, 1.54) is 0 Å². The molecule has 208 valence electrons. The molecule has 2 rings (SSSR count). The van der Waals surface area contributed by atoms with Gasteiger partial charge in [-0.2, -0.15) is 0 Å². The topological polar surface area (TPSA) is 124 Å². The number of ether oxygens (including phenoxy) is 2. The standard InChI is InChI=1S/C25H40N3O8P/c1-7-33-24(31)28-15-13-27(14-16-28)22(29)21(26-23(30)36-25(4,5)6)18-19-11-10-12-20(17-19)37(32,34-8-2)35-9-3/h10-12,17,21H,7-9,13-16,18H2,1-6H3,(H,26,30). The third kappa shape index (κ3) is 9.32. The third-order valence-electron chi connectivity index (χ3n) is 5.37. The first-order valence-electron chi connectivity index (χ1n) is 12.6. The van der Waals surface area contributed by atoms with Crippen LogP contribution in [0.2, 0.25) is 0 Å². The van der Waals surface area contributed by atoms with Crippen LogP contribution >= 0.6 is 7.60 Å². The number of carbonyl (C=O) groups excluding carboxylic acids is 3. The second-order valence-corrected chi connectivity index (χ2v) is 11.4. The largest absolute Gasteiger partial charge is 0.450 e. The Hall–Kier alpha value is -2.62. The number of amides is 3. The number of hydrogen-bond acceptors (Lipinski definition) is 8. The number of carbonyl (C=O) groups is 3. The van der Waals surface area contributed by atoms with Crippen molar-refractivity contribution in [3.8, 4) is 0 Å². The molecular weight excluding hydrogens is 501 g/mol. The van der Waals surface area contributed by atoms with Crippen LogP contribution in [0.3, 0.4) is 0 Å². The highest BCUT2D eigenvalue weighted by atomic mass is 31.2.